The van der Waals surface area contributed by atoms with Gasteiger partial charge in [-0.25, -0.2) is 19.9 Å². The predicted octanol–water partition coefficient (Wildman–Crippen LogP) is 1.59. The Morgan fingerprint density at radius 1 is 1.04 bits per heavy atom. The molecule has 0 amide bonds. The van der Waals surface area contributed by atoms with Crippen LogP contribution in [0, 0.1) is 11.3 Å². The molecule has 0 aliphatic carbocycles. The third-order valence-electron chi connectivity index (χ3n) is 4.46. The van der Waals surface area contributed by atoms with Crippen LogP contribution in [0.4, 0.5) is 5.82 Å². The van der Waals surface area contributed by atoms with Crippen molar-refractivity contribution in [1.82, 2.24) is 29.7 Å². The average Bonchev–Trinajstić information content (AvgIpc) is 3.15. The van der Waals surface area contributed by atoms with E-state index in [9.17, 15) is 5.26 Å². The number of aryl methyl sites for hydroxylation is 1. The molecule has 9 heteroatoms. The molecule has 0 N–H and O–H groups in total. The van der Waals surface area contributed by atoms with Gasteiger partial charge in [-0.3, -0.25) is 4.68 Å². The molecule has 4 rings (SSSR count). The van der Waals surface area contributed by atoms with Gasteiger partial charge in [-0.2, -0.15) is 10.4 Å². The van der Waals surface area contributed by atoms with Crippen molar-refractivity contribution in [3.63, 3.8) is 0 Å². The maximum absolute atomic E-state index is 9.18. The highest BCUT2D eigenvalue weighted by Crippen LogP contribution is 2.23. The van der Waals surface area contributed by atoms with Crippen LogP contribution in [0.1, 0.15) is 18.5 Å². The lowest BCUT2D eigenvalue weighted by molar-refractivity contribution is 0.156. The van der Waals surface area contributed by atoms with Gasteiger partial charge in [-0.15, -0.1) is 0 Å². The van der Waals surface area contributed by atoms with E-state index < -0.39 is 0 Å². The van der Waals surface area contributed by atoms with E-state index in [0.29, 0.717) is 17.5 Å². The highest BCUT2D eigenvalue weighted by Gasteiger charge is 2.24. The Morgan fingerprint density at radius 2 is 1.78 bits per heavy atom. The summed E-state index contributed by atoms with van der Waals surface area (Å²) in [6.07, 6.45) is 12.0. The minimum atomic E-state index is 0.0349. The second-order valence-electron chi connectivity index (χ2n) is 6.30. The first kappa shape index (κ1) is 16.9. The van der Waals surface area contributed by atoms with Crippen LogP contribution in [0.15, 0.2) is 37.2 Å². The van der Waals surface area contributed by atoms with E-state index >= 15 is 0 Å². The van der Waals surface area contributed by atoms with Gasteiger partial charge in [0.05, 0.1) is 6.20 Å². The number of ether oxygens (including phenoxy) is 1. The molecule has 0 unspecified atom stereocenters. The smallest absolute Gasteiger partial charge is 0.316 e. The van der Waals surface area contributed by atoms with E-state index in [1.165, 1.54) is 6.20 Å². The van der Waals surface area contributed by atoms with Crippen molar-refractivity contribution in [2.45, 2.75) is 18.9 Å². The third kappa shape index (κ3) is 3.69. The lowest BCUT2D eigenvalue weighted by Gasteiger charge is -2.32. The zero-order valence-electron chi connectivity index (χ0n) is 14.9. The van der Waals surface area contributed by atoms with Crippen LogP contribution in [-0.2, 0) is 7.05 Å². The fourth-order valence-corrected chi connectivity index (χ4v) is 3.07. The molecule has 3 aromatic rings. The molecule has 0 aromatic carbocycles. The van der Waals surface area contributed by atoms with E-state index in [2.05, 4.69) is 36.0 Å². The second-order valence-corrected chi connectivity index (χ2v) is 6.30. The van der Waals surface area contributed by atoms with E-state index in [1.54, 1.807) is 29.5 Å². The van der Waals surface area contributed by atoms with Gasteiger partial charge in [-0.1, -0.05) is 0 Å². The standard InChI is InChI=1S/C18H18N8O/c1-25-12-14(11-24-25)13-9-22-18(23-10-13)27-15-2-6-26(7-3-15)17-16(8-19)20-4-5-21-17/h4-5,9-12,15H,2-3,6-7H2,1H3. The minimum Gasteiger partial charge on any atom is -0.460 e. The number of anilines is 1. The Morgan fingerprint density at radius 3 is 2.44 bits per heavy atom. The lowest BCUT2D eigenvalue weighted by Crippen LogP contribution is -2.39. The van der Waals surface area contributed by atoms with Gasteiger partial charge in [0, 0.05) is 75.1 Å². The molecular formula is C18H18N8O. The summed E-state index contributed by atoms with van der Waals surface area (Å²) < 4.78 is 7.66. The fraction of sp³-hybridized carbons (Fsp3) is 0.333. The number of hydrogen-bond donors (Lipinski definition) is 0. The van der Waals surface area contributed by atoms with Gasteiger partial charge in [0.15, 0.2) is 11.5 Å². The molecule has 1 saturated heterocycles. The molecule has 3 aromatic heterocycles. The van der Waals surface area contributed by atoms with Crippen molar-refractivity contribution in [2.75, 3.05) is 18.0 Å². The number of aromatic nitrogens is 6. The highest BCUT2D eigenvalue weighted by atomic mass is 16.5. The van der Waals surface area contributed by atoms with E-state index in [0.717, 1.165) is 37.1 Å². The Labute approximate surface area is 156 Å². The van der Waals surface area contributed by atoms with E-state index in [1.807, 2.05) is 13.2 Å². The molecule has 0 atom stereocenters. The third-order valence-corrected chi connectivity index (χ3v) is 4.46. The molecule has 0 bridgehead atoms. The van der Waals surface area contributed by atoms with Gasteiger partial charge in [0.25, 0.3) is 0 Å². The van der Waals surface area contributed by atoms with Crippen LogP contribution in [0.3, 0.4) is 0 Å². The van der Waals surface area contributed by atoms with Gasteiger partial charge in [-0.05, 0) is 0 Å². The zero-order valence-corrected chi connectivity index (χ0v) is 14.9. The SMILES string of the molecule is Cn1cc(-c2cnc(OC3CCN(c4nccnc4C#N)CC3)nc2)cn1. The normalized spacial score (nSPS) is 14.7. The van der Waals surface area contributed by atoms with Gasteiger partial charge < -0.3 is 9.64 Å². The van der Waals surface area contributed by atoms with Crippen LogP contribution in [0.25, 0.3) is 11.1 Å². The quantitative estimate of drug-likeness (QED) is 0.689. The number of piperidine rings is 1. The molecule has 4 heterocycles. The molecule has 27 heavy (non-hydrogen) atoms. The predicted molar refractivity (Wildman–Crippen MR) is 96.8 cm³/mol. The first-order chi connectivity index (χ1) is 13.2. The monoisotopic (exact) mass is 362 g/mol. The van der Waals surface area contributed by atoms with Crippen LogP contribution < -0.4 is 9.64 Å². The van der Waals surface area contributed by atoms with Crippen molar-refractivity contribution < 1.29 is 4.74 Å². The van der Waals surface area contributed by atoms with Crippen molar-refractivity contribution in [1.29, 1.82) is 5.26 Å². The molecular weight excluding hydrogens is 344 g/mol. The summed E-state index contributed by atoms with van der Waals surface area (Å²) in [5.74, 6) is 0.635. The molecule has 0 spiro atoms. The van der Waals surface area contributed by atoms with Crippen LogP contribution in [0.5, 0.6) is 6.01 Å². The first-order valence-electron chi connectivity index (χ1n) is 8.66. The Hall–Kier alpha value is -3.54. The Bertz CT molecular complexity index is 954. The Kier molecular flexibility index (Phi) is 4.61. The summed E-state index contributed by atoms with van der Waals surface area (Å²) in [6.45, 7) is 1.48. The molecule has 1 fully saturated rings. The maximum atomic E-state index is 9.18. The van der Waals surface area contributed by atoms with Gasteiger partial charge in [0.2, 0.25) is 0 Å². The molecule has 1 aliphatic rings. The fourth-order valence-electron chi connectivity index (χ4n) is 3.07. The van der Waals surface area contributed by atoms with Crippen molar-refractivity contribution in [2.24, 2.45) is 7.05 Å². The highest BCUT2D eigenvalue weighted by molar-refractivity contribution is 5.59. The summed E-state index contributed by atoms with van der Waals surface area (Å²) in [5, 5.41) is 13.3. The summed E-state index contributed by atoms with van der Waals surface area (Å²) in [6, 6.07) is 2.47. The van der Waals surface area contributed by atoms with Crippen LogP contribution in [-0.4, -0.2) is 48.9 Å². The Balaban J connectivity index is 1.36. The lowest BCUT2D eigenvalue weighted by atomic mass is 10.1. The number of rotatable bonds is 4. The van der Waals surface area contributed by atoms with Crippen LogP contribution >= 0.6 is 0 Å². The van der Waals surface area contributed by atoms with Crippen molar-refractivity contribution >= 4 is 5.82 Å². The molecule has 1 aliphatic heterocycles. The summed E-state index contributed by atoms with van der Waals surface area (Å²) in [7, 11) is 1.87. The number of hydrogen-bond acceptors (Lipinski definition) is 8. The summed E-state index contributed by atoms with van der Waals surface area (Å²) in [4.78, 5) is 19.1. The largest absolute Gasteiger partial charge is 0.460 e. The number of nitriles is 1. The average molecular weight is 362 g/mol. The molecule has 0 radical (unpaired) electrons. The molecule has 136 valence electrons. The van der Waals surface area contributed by atoms with Crippen LogP contribution in [0.2, 0.25) is 0 Å². The first-order valence-corrected chi connectivity index (χ1v) is 8.66. The van der Waals surface area contributed by atoms with Gasteiger partial charge >= 0.3 is 6.01 Å². The number of nitrogens with zero attached hydrogens (tertiary/aromatic N) is 8. The topological polar surface area (TPSA) is 106 Å². The van der Waals surface area contributed by atoms with Gasteiger partial charge in [0.1, 0.15) is 12.2 Å². The van der Waals surface area contributed by atoms with Crippen molar-refractivity contribution in [3.05, 3.63) is 42.9 Å². The molecule has 0 saturated carbocycles. The molecule has 9 nitrogen and oxygen atoms in total. The maximum Gasteiger partial charge on any atom is 0.316 e. The minimum absolute atomic E-state index is 0.0349. The second kappa shape index (κ2) is 7.37. The van der Waals surface area contributed by atoms with Crippen molar-refractivity contribution in [3.8, 4) is 23.2 Å². The summed E-state index contributed by atoms with van der Waals surface area (Å²) in [5.41, 5.74) is 2.22. The van der Waals surface area contributed by atoms with E-state index in [4.69, 9.17) is 4.74 Å². The van der Waals surface area contributed by atoms with E-state index in [-0.39, 0.29) is 6.10 Å². The zero-order chi connectivity index (χ0) is 18.6. The summed E-state index contributed by atoms with van der Waals surface area (Å²) >= 11 is 0.